The molecule has 0 aliphatic carbocycles. The van der Waals surface area contributed by atoms with Crippen molar-refractivity contribution < 1.29 is 0 Å². The van der Waals surface area contributed by atoms with E-state index in [4.69, 9.17) is 11.0 Å². The van der Waals surface area contributed by atoms with E-state index in [0.717, 1.165) is 4.47 Å². The molecule has 0 radical (unpaired) electrons. The molecule has 0 fully saturated rings. The maximum Gasteiger partial charge on any atom is 0.121 e. The first kappa shape index (κ1) is 9.23. The van der Waals surface area contributed by atoms with Crippen LogP contribution in [0.25, 0.3) is 0 Å². The third kappa shape index (κ3) is 2.32. The number of hydrogen-bond donors (Lipinski definition) is 1. The molecule has 0 saturated carbocycles. The summed E-state index contributed by atoms with van der Waals surface area (Å²) >= 11 is 3.25. The second-order valence-corrected chi connectivity index (χ2v) is 3.80. The second-order valence-electron chi connectivity index (χ2n) is 2.89. The van der Waals surface area contributed by atoms with Gasteiger partial charge in [-0.2, -0.15) is 10.4 Å². The van der Waals surface area contributed by atoms with Gasteiger partial charge in [0.05, 0.1) is 23.3 Å². The maximum atomic E-state index is 8.63. The van der Waals surface area contributed by atoms with Gasteiger partial charge >= 0.3 is 0 Å². The first-order valence-electron chi connectivity index (χ1n) is 3.41. The lowest BCUT2D eigenvalue weighted by atomic mass is 10.1. The number of nitrogens with zero attached hydrogens (tertiary/aromatic N) is 3. The monoisotopic (exact) mass is 228 g/mol. The average Bonchev–Trinajstić information content (AvgIpc) is 2.35. The van der Waals surface area contributed by atoms with Crippen molar-refractivity contribution in [3.63, 3.8) is 0 Å². The topological polar surface area (TPSA) is 67.6 Å². The third-order valence-electron chi connectivity index (χ3n) is 1.35. The van der Waals surface area contributed by atoms with Crippen molar-refractivity contribution in [3.05, 3.63) is 16.9 Å². The van der Waals surface area contributed by atoms with Crippen LogP contribution in [0.2, 0.25) is 0 Å². The van der Waals surface area contributed by atoms with Crippen LogP contribution < -0.4 is 5.73 Å². The average molecular weight is 229 g/mol. The summed E-state index contributed by atoms with van der Waals surface area (Å²) in [5, 5.41) is 12.6. The highest BCUT2D eigenvalue weighted by atomic mass is 79.9. The SMILES string of the molecule is C[C@](N)(C#N)Cn1cc(Br)cn1. The van der Waals surface area contributed by atoms with E-state index in [2.05, 4.69) is 21.0 Å². The van der Waals surface area contributed by atoms with Crippen molar-refractivity contribution in [2.75, 3.05) is 0 Å². The molecule has 12 heavy (non-hydrogen) atoms. The minimum atomic E-state index is -0.856. The van der Waals surface area contributed by atoms with Crippen molar-refractivity contribution in [1.29, 1.82) is 5.26 Å². The Labute approximate surface area is 79.1 Å². The van der Waals surface area contributed by atoms with E-state index in [0.29, 0.717) is 6.54 Å². The molecule has 0 saturated heterocycles. The molecule has 0 aliphatic heterocycles. The zero-order chi connectivity index (χ0) is 9.19. The summed E-state index contributed by atoms with van der Waals surface area (Å²) in [4.78, 5) is 0. The molecule has 1 rings (SSSR count). The Hall–Kier alpha value is -0.860. The summed E-state index contributed by atoms with van der Waals surface area (Å²) in [6.07, 6.45) is 3.44. The summed E-state index contributed by atoms with van der Waals surface area (Å²) in [5.74, 6) is 0. The zero-order valence-electron chi connectivity index (χ0n) is 6.66. The van der Waals surface area contributed by atoms with E-state index in [1.165, 1.54) is 0 Å². The largest absolute Gasteiger partial charge is 0.312 e. The standard InChI is InChI=1S/C7H9BrN4/c1-7(10,4-9)5-12-3-6(8)2-11-12/h2-3H,5,10H2,1H3/t7-/m0/s1. The smallest absolute Gasteiger partial charge is 0.121 e. The van der Waals surface area contributed by atoms with Crippen LogP contribution in [0.4, 0.5) is 0 Å². The second kappa shape index (κ2) is 3.25. The quantitative estimate of drug-likeness (QED) is 0.818. The van der Waals surface area contributed by atoms with Gasteiger partial charge in [0, 0.05) is 6.20 Å². The Bertz CT molecular complexity index is 309. The van der Waals surface area contributed by atoms with E-state index in [1.54, 1.807) is 24.0 Å². The van der Waals surface area contributed by atoms with Gasteiger partial charge in [-0.25, -0.2) is 0 Å². The summed E-state index contributed by atoms with van der Waals surface area (Å²) < 4.78 is 2.52. The van der Waals surface area contributed by atoms with Crippen LogP contribution >= 0.6 is 15.9 Å². The van der Waals surface area contributed by atoms with Crippen molar-refractivity contribution in [3.8, 4) is 6.07 Å². The molecule has 1 heterocycles. The van der Waals surface area contributed by atoms with E-state index in [1.807, 2.05) is 6.07 Å². The van der Waals surface area contributed by atoms with Crippen LogP contribution in [0, 0.1) is 11.3 Å². The maximum absolute atomic E-state index is 8.63. The molecule has 0 bridgehead atoms. The van der Waals surface area contributed by atoms with Gasteiger partial charge in [-0.3, -0.25) is 4.68 Å². The summed E-state index contributed by atoms with van der Waals surface area (Å²) in [6, 6.07) is 2.00. The van der Waals surface area contributed by atoms with Gasteiger partial charge < -0.3 is 5.73 Å². The van der Waals surface area contributed by atoms with Crippen LogP contribution in [-0.4, -0.2) is 15.3 Å². The molecule has 5 heteroatoms. The molecule has 2 N–H and O–H groups in total. The number of hydrogen-bond acceptors (Lipinski definition) is 3. The van der Waals surface area contributed by atoms with Crippen LogP contribution in [0.15, 0.2) is 16.9 Å². The van der Waals surface area contributed by atoms with Gasteiger partial charge in [0.25, 0.3) is 0 Å². The van der Waals surface area contributed by atoms with Crippen molar-refractivity contribution in [2.24, 2.45) is 5.73 Å². The predicted octanol–water partition coefficient (Wildman–Crippen LogP) is 0.887. The third-order valence-corrected chi connectivity index (χ3v) is 1.76. The molecule has 0 aromatic carbocycles. The van der Waals surface area contributed by atoms with E-state index >= 15 is 0 Å². The van der Waals surface area contributed by atoms with Crippen molar-refractivity contribution in [2.45, 2.75) is 19.0 Å². The fourth-order valence-electron chi connectivity index (χ4n) is 0.797. The van der Waals surface area contributed by atoms with Gasteiger partial charge in [-0.05, 0) is 22.9 Å². The molecule has 4 nitrogen and oxygen atoms in total. The van der Waals surface area contributed by atoms with Crippen LogP contribution in [0.1, 0.15) is 6.92 Å². The van der Waals surface area contributed by atoms with Gasteiger partial charge in [0.15, 0.2) is 0 Å². The van der Waals surface area contributed by atoms with Crippen LogP contribution in [0.3, 0.4) is 0 Å². The van der Waals surface area contributed by atoms with Gasteiger partial charge in [0.1, 0.15) is 5.54 Å². The highest BCUT2D eigenvalue weighted by Gasteiger charge is 2.18. The Morgan fingerprint density at radius 1 is 1.92 bits per heavy atom. The first-order valence-corrected chi connectivity index (χ1v) is 4.21. The van der Waals surface area contributed by atoms with Gasteiger partial charge in [-0.1, -0.05) is 0 Å². The minimum Gasteiger partial charge on any atom is -0.312 e. The predicted molar refractivity (Wildman–Crippen MR) is 48.1 cm³/mol. The Morgan fingerprint density at radius 2 is 2.58 bits per heavy atom. The lowest BCUT2D eigenvalue weighted by Crippen LogP contribution is -2.39. The van der Waals surface area contributed by atoms with E-state index < -0.39 is 5.54 Å². The van der Waals surface area contributed by atoms with E-state index in [9.17, 15) is 0 Å². The lowest BCUT2D eigenvalue weighted by molar-refractivity contribution is 0.459. The summed E-state index contributed by atoms with van der Waals surface area (Å²) in [5.41, 5.74) is 4.76. The highest BCUT2D eigenvalue weighted by Crippen LogP contribution is 2.08. The molecule has 0 amide bonds. The summed E-state index contributed by atoms with van der Waals surface area (Å²) in [6.45, 7) is 2.07. The normalized spacial score (nSPS) is 15.2. The number of nitriles is 1. The van der Waals surface area contributed by atoms with Crippen molar-refractivity contribution >= 4 is 15.9 Å². The molecule has 1 aromatic rings. The Balaban J connectivity index is 2.72. The lowest BCUT2D eigenvalue weighted by Gasteiger charge is -2.14. The molecular weight excluding hydrogens is 220 g/mol. The fourth-order valence-corrected chi connectivity index (χ4v) is 1.12. The molecule has 1 atom stereocenters. The first-order chi connectivity index (χ1) is 5.53. The molecule has 0 spiro atoms. The number of halogens is 1. The fraction of sp³-hybridized carbons (Fsp3) is 0.429. The highest BCUT2D eigenvalue weighted by molar-refractivity contribution is 9.10. The molecule has 0 unspecified atom stereocenters. The molecular formula is C7H9BrN4. The zero-order valence-corrected chi connectivity index (χ0v) is 8.24. The van der Waals surface area contributed by atoms with E-state index in [-0.39, 0.29) is 0 Å². The van der Waals surface area contributed by atoms with Crippen LogP contribution in [0.5, 0.6) is 0 Å². The van der Waals surface area contributed by atoms with Crippen LogP contribution in [-0.2, 0) is 6.54 Å². The number of aromatic nitrogens is 2. The van der Waals surface area contributed by atoms with Gasteiger partial charge in [-0.15, -0.1) is 0 Å². The minimum absolute atomic E-state index is 0.398. The van der Waals surface area contributed by atoms with Crippen molar-refractivity contribution in [1.82, 2.24) is 9.78 Å². The molecule has 64 valence electrons. The number of rotatable bonds is 2. The summed E-state index contributed by atoms with van der Waals surface area (Å²) in [7, 11) is 0. The van der Waals surface area contributed by atoms with Gasteiger partial charge in [0.2, 0.25) is 0 Å². The molecule has 0 aliphatic rings. The Morgan fingerprint density at radius 3 is 3.00 bits per heavy atom. The Kier molecular flexibility index (Phi) is 2.50. The molecule has 1 aromatic heterocycles. The number of nitrogens with two attached hydrogens (primary N) is 1.